The first-order valence-electron chi connectivity index (χ1n) is 16.5. The van der Waals surface area contributed by atoms with E-state index in [1.165, 1.54) is 10.9 Å². The summed E-state index contributed by atoms with van der Waals surface area (Å²) in [7, 11) is 0. The third-order valence-electron chi connectivity index (χ3n) is 9.75. The van der Waals surface area contributed by atoms with E-state index >= 15 is 0 Å². The van der Waals surface area contributed by atoms with Crippen molar-refractivity contribution in [1.82, 2.24) is 15.0 Å². The molecule has 2 unspecified atom stereocenters. The summed E-state index contributed by atoms with van der Waals surface area (Å²) in [4.78, 5) is 15.2. The highest BCUT2D eigenvalue weighted by Gasteiger charge is 2.23. The number of aromatic nitrogens is 3. The average Bonchev–Trinajstić information content (AvgIpc) is 3.73. The molecule has 7 aromatic rings. The lowest BCUT2D eigenvalue weighted by Gasteiger charge is -2.22. The first-order chi connectivity index (χ1) is 23.8. The monoisotopic (exact) mass is 619 g/mol. The lowest BCUT2D eigenvalue weighted by atomic mass is 9.83. The van der Waals surface area contributed by atoms with Gasteiger partial charge in [-0.15, -0.1) is 0 Å². The molecule has 0 aliphatic heterocycles. The number of nitrogens with zero attached hydrogens (tertiary/aromatic N) is 3. The second-order valence-electron chi connectivity index (χ2n) is 12.6. The van der Waals surface area contributed by atoms with Crippen LogP contribution in [0.25, 0.3) is 78.5 Å². The molecule has 228 valence electrons. The maximum absolute atomic E-state index is 6.66. The molecule has 5 heteroatoms. The van der Waals surface area contributed by atoms with Crippen molar-refractivity contribution in [2.45, 2.75) is 12.8 Å². The van der Waals surface area contributed by atoms with Crippen LogP contribution in [0.5, 0.6) is 0 Å². The minimum atomic E-state index is 0.275. The molecule has 3 heterocycles. The highest BCUT2D eigenvalue weighted by molar-refractivity contribution is 6.15. The number of allylic oxidation sites excluding steroid dienone is 9. The molecule has 2 atom stereocenters. The van der Waals surface area contributed by atoms with Crippen molar-refractivity contribution in [3.63, 3.8) is 0 Å². The molecule has 0 N–H and O–H groups in total. The van der Waals surface area contributed by atoms with E-state index in [1.807, 2.05) is 42.5 Å². The summed E-state index contributed by atoms with van der Waals surface area (Å²) in [6, 6.07) is 29.1. The van der Waals surface area contributed by atoms with E-state index in [1.54, 1.807) is 0 Å². The predicted molar refractivity (Wildman–Crippen MR) is 193 cm³/mol. The van der Waals surface area contributed by atoms with Crippen molar-refractivity contribution < 1.29 is 8.83 Å². The molecular weight excluding hydrogens is 590 g/mol. The lowest BCUT2D eigenvalue weighted by Crippen LogP contribution is -2.12. The molecule has 48 heavy (non-hydrogen) atoms. The minimum Gasteiger partial charge on any atom is -0.456 e. The molecule has 3 aliphatic carbocycles. The summed E-state index contributed by atoms with van der Waals surface area (Å²) in [6.07, 6.45) is 21.7. The van der Waals surface area contributed by atoms with Gasteiger partial charge in [-0.1, -0.05) is 121 Å². The molecule has 0 saturated carbocycles. The second kappa shape index (κ2) is 10.7. The van der Waals surface area contributed by atoms with Crippen LogP contribution in [0.4, 0.5) is 0 Å². The molecule has 3 aromatic heterocycles. The van der Waals surface area contributed by atoms with Gasteiger partial charge in [-0.2, -0.15) is 0 Å². The number of para-hydroxylation sites is 1. The Balaban J connectivity index is 1.15. The standard InChI is InChI=1S/C43H29N3O2/c1-2-11-27(12-3-1)41-44-42(30-21-20-26-10-4-5-13-28(26)24-30)46-43(45-41)35-17-9-19-37-39(35)34-16-8-15-31(40(34)48-37)29-22-23-33-32-14-6-7-18-36(32)47-38(33)25-29/h1-5,7-13,15-26,28H,6,14H2. The average molecular weight is 620 g/mol. The van der Waals surface area contributed by atoms with Crippen LogP contribution < -0.4 is 0 Å². The molecule has 5 nitrogen and oxygen atoms in total. The molecule has 0 saturated heterocycles. The van der Waals surface area contributed by atoms with Crippen molar-refractivity contribution in [3.05, 3.63) is 151 Å². The molecule has 0 spiro atoms. The quantitative estimate of drug-likeness (QED) is 0.196. The Labute approximate surface area is 277 Å². The molecule has 3 aliphatic rings. The fraction of sp³-hybridized carbons (Fsp3) is 0.0930. The zero-order valence-electron chi connectivity index (χ0n) is 26.0. The van der Waals surface area contributed by atoms with Gasteiger partial charge >= 0.3 is 0 Å². The summed E-state index contributed by atoms with van der Waals surface area (Å²) in [5, 5.41) is 3.19. The normalized spacial score (nSPS) is 18.0. The fourth-order valence-corrected chi connectivity index (χ4v) is 7.38. The van der Waals surface area contributed by atoms with E-state index in [2.05, 4.69) is 97.1 Å². The van der Waals surface area contributed by atoms with E-state index in [0.29, 0.717) is 23.4 Å². The molecule has 0 amide bonds. The Morgan fingerprint density at radius 2 is 1.44 bits per heavy atom. The van der Waals surface area contributed by atoms with Gasteiger partial charge in [-0.05, 0) is 36.6 Å². The maximum Gasteiger partial charge on any atom is 0.164 e. The first-order valence-corrected chi connectivity index (χ1v) is 16.5. The number of benzene rings is 4. The number of hydrogen-bond acceptors (Lipinski definition) is 5. The van der Waals surface area contributed by atoms with E-state index in [0.717, 1.165) is 74.0 Å². The van der Waals surface area contributed by atoms with E-state index in [-0.39, 0.29) is 5.92 Å². The van der Waals surface area contributed by atoms with Crippen LogP contribution in [0.15, 0.2) is 142 Å². The van der Waals surface area contributed by atoms with Crippen molar-refractivity contribution in [2.24, 2.45) is 11.8 Å². The summed E-state index contributed by atoms with van der Waals surface area (Å²) >= 11 is 0. The Hall–Kier alpha value is -6.07. The van der Waals surface area contributed by atoms with Crippen LogP contribution >= 0.6 is 0 Å². The van der Waals surface area contributed by atoms with Crippen LogP contribution in [0.1, 0.15) is 23.6 Å². The number of furan rings is 2. The molecule has 10 rings (SSSR count). The van der Waals surface area contributed by atoms with Gasteiger partial charge in [0.25, 0.3) is 0 Å². The Bertz CT molecular complexity index is 2580. The summed E-state index contributed by atoms with van der Waals surface area (Å²) in [5.41, 5.74) is 8.73. The highest BCUT2D eigenvalue weighted by atomic mass is 16.3. The van der Waals surface area contributed by atoms with E-state index in [4.69, 9.17) is 23.8 Å². The molecule has 0 fully saturated rings. The predicted octanol–water partition coefficient (Wildman–Crippen LogP) is 10.8. The summed E-state index contributed by atoms with van der Waals surface area (Å²) < 4.78 is 12.9. The number of aryl methyl sites for hydroxylation is 1. The maximum atomic E-state index is 6.66. The first kappa shape index (κ1) is 27.1. The zero-order valence-corrected chi connectivity index (χ0v) is 26.0. The SMILES string of the molecule is C1=CC2C=CC(c3nc(-c4ccccc4)nc(-c4cccc5oc6c(-c7ccc8c9c(oc8c7)C=CCC9)cccc6c45)n3)=CC2C=C1. The second-order valence-corrected chi connectivity index (χ2v) is 12.6. The fourth-order valence-electron chi connectivity index (χ4n) is 7.38. The third kappa shape index (κ3) is 4.35. The van der Waals surface area contributed by atoms with Crippen molar-refractivity contribution >= 4 is 44.6 Å². The van der Waals surface area contributed by atoms with E-state index in [9.17, 15) is 0 Å². The zero-order chi connectivity index (χ0) is 31.6. The number of fused-ring (bicyclic) bond motifs is 7. The van der Waals surface area contributed by atoms with Gasteiger partial charge < -0.3 is 8.83 Å². The number of hydrogen-bond donors (Lipinski definition) is 0. The highest BCUT2D eigenvalue weighted by Crippen LogP contribution is 2.42. The van der Waals surface area contributed by atoms with Gasteiger partial charge in [0.05, 0.1) is 0 Å². The third-order valence-corrected chi connectivity index (χ3v) is 9.75. The van der Waals surface area contributed by atoms with Gasteiger partial charge in [0.2, 0.25) is 0 Å². The van der Waals surface area contributed by atoms with E-state index < -0.39 is 0 Å². The minimum absolute atomic E-state index is 0.275. The van der Waals surface area contributed by atoms with Crippen LogP contribution in [0.3, 0.4) is 0 Å². The van der Waals surface area contributed by atoms with Gasteiger partial charge in [-0.25, -0.2) is 15.0 Å². The lowest BCUT2D eigenvalue weighted by molar-refractivity contribution is 0.595. The van der Waals surface area contributed by atoms with Gasteiger partial charge in [0.15, 0.2) is 17.5 Å². The Kier molecular flexibility index (Phi) is 6.06. The van der Waals surface area contributed by atoms with Crippen LogP contribution in [0.2, 0.25) is 0 Å². The molecule has 0 bridgehead atoms. The van der Waals surface area contributed by atoms with Gasteiger partial charge in [-0.3, -0.25) is 0 Å². The van der Waals surface area contributed by atoms with Gasteiger partial charge in [0.1, 0.15) is 22.5 Å². The van der Waals surface area contributed by atoms with Crippen molar-refractivity contribution in [3.8, 4) is 33.9 Å². The molecule has 4 aromatic carbocycles. The molecular formula is C43H29N3O2. The van der Waals surface area contributed by atoms with Crippen LogP contribution in [-0.4, -0.2) is 15.0 Å². The van der Waals surface area contributed by atoms with Crippen molar-refractivity contribution in [2.75, 3.05) is 0 Å². The van der Waals surface area contributed by atoms with Crippen LogP contribution in [0, 0.1) is 11.8 Å². The largest absolute Gasteiger partial charge is 0.456 e. The smallest absolute Gasteiger partial charge is 0.164 e. The van der Waals surface area contributed by atoms with Gasteiger partial charge in [0, 0.05) is 55.8 Å². The summed E-state index contributed by atoms with van der Waals surface area (Å²) in [6.45, 7) is 0. The number of rotatable bonds is 4. The molecule has 0 radical (unpaired) electrons. The Morgan fingerprint density at radius 3 is 2.38 bits per heavy atom. The van der Waals surface area contributed by atoms with Crippen LogP contribution in [-0.2, 0) is 6.42 Å². The topological polar surface area (TPSA) is 65.0 Å². The summed E-state index contributed by atoms with van der Waals surface area (Å²) in [5.74, 6) is 3.51. The Morgan fingerprint density at radius 1 is 0.604 bits per heavy atom. The van der Waals surface area contributed by atoms with Crippen molar-refractivity contribution in [1.29, 1.82) is 0 Å².